The molecule has 1 saturated heterocycles. The third kappa shape index (κ3) is 3.23. The third-order valence-electron chi connectivity index (χ3n) is 4.93. The van der Waals surface area contributed by atoms with Crippen LogP contribution in [-0.4, -0.2) is 33.0 Å². The van der Waals surface area contributed by atoms with Crippen LogP contribution >= 0.6 is 0 Å². The fourth-order valence-corrected chi connectivity index (χ4v) is 3.60. The first-order chi connectivity index (χ1) is 11.6. The Kier molecular flexibility index (Phi) is 5.03. The van der Waals surface area contributed by atoms with E-state index in [-0.39, 0.29) is 5.91 Å². The number of pyridine rings is 1. The minimum Gasteiger partial charge on any atom is -0.336 e. The van der Waals surface area contributed by atoms with Gasteiger partial charge >= 0.3 is 0 Å². The average Bonchev–Trinajstić information content (AvgIpc) is 2.98. The molecule has 1 aliphatic heterocycles. The van der Waals surface area contributed by atoms with E-state index in [1.165, 1.54) is 6.42 Å². The largest absolute Gasteiger partial charge is 0.336 e. The summed E-state index contributed by atoms with van der Waals surface area (Å²) in [5.74, 6) is 0.449. The van der Waals surface area contributed by atoms with Crippen LogP contribution in [0.1, 0.15) is 63.6 Å². The van der Waals surface area contributed by atoms with E-state index in [1.807, 2.05) is 33.8 Å². The van der Waals surface area contributed by atoms with Crippen molar-refractivity contribution in [3.63, 3.8) is 0 Å². The highest BCUT2D eigenvalue weighted by Crippen LogP contribution is 2.25. The molecule has 1 amide bonds. The van der Waals surface area contributed by atoms with Crippen molar-refractivity contribution in [2.24, 2.45) is 0 Å². The molecule has 24 heavy (non-hydrogen) atoms. The van der Waals surface area contributed by atoms with Crippen LogP contribution in [0.5, 0.6) is 0 Å². The van der Waals surface area contributed by atoms with Crippen LogP contribution in [0.15, 0.2) is 30.5 Å². The molecule has 128 valence electrons. The predicted octanol–water partition coefficient (Wildman–Crippen LogP) is 4.26. The van der Waals surface area contributed by atoms with Crippen LogP contribution < -0.4 is 0 Å². The quantitative estimate of drug-likeness (QED) is 0.788. The number of carbonyl (C=O) groups is 1. The molecule has 1 atom stereocenters. The van der Waals surface area contributed by atoms with E-state index >= 15 is 0 Å². The Hall–Kier alpha value is -2.10. The summed E-state index contributed by atoms with van der Waals surface area (Å²) in [6.45, 7) is 7.33. The molecule has 0 radical (unpaired) electrons. The molecule has 4 nitrogen and oxygen atoms in total. The monoisotopic (exact) mass is 325 g/mol. The maximum absolute atomic E-state index is 12.7. The second-order valence-electron chi connectivity index (χ2n) is 6.91. The van der Waals surface area contributed by atoms with E-state index < -0.39 is 0 Å². The Morgan fingerprint density at radius 2 is 2.21 bits per heavy atom. The van der Waals surface area contributed by atoms with Crippen molar-refractivity contribution in [2.45, 2.75) is 58.4 Å². The number of likely N-dealkylation sites (tertiary alicyclic amines) is 1. The van der Waals surface area contributed by atoms with Crippen molar-refractivity contribution in [3.05, 3.63) is 41.7 Å². The van der Waals surface area contributed by atoms with Crippen molar-refractivity contribution >= 4 is 17.5 Å². The van der Waals surface area contributed by atoms with Gasteiger partial charge in [0.05, 0.1) is 11.2 Å². The molecule has 0 N–H and O–H groups in total. The number of hydrogen-bond donors (Lipinski definition) is 0. The normalized spacial score (nSPS) is 18.8. The van der Waals surface area contributed by atoms with Gasteiger partial charge in [-0.2, -0.15) is 5.10 Å². The van der Waals surface area contributed by atoms with Gasteiger partial charge in [0.2, 0.25) is 5.91 Å². The summed E-state index contributed by atoms with van der Waals surface area (Å²) in [5, 5.41) is 4.67. The molecule has 4 heteroatoms. The molecule has 0 saturated carbocycles. The lowest BCUT2D eigenvalue weighted by atomic mass is 9.99. The number of rotatable bonds is 4. The molecular formula is C20H27N3O. The highest BCUT2D eigenvalue weighted by molar-refractivity contribution is 5.93. The van der Waals surface area contributed by atoms with Gasteiger partial charge in [-0.15, -0.1) is 0 Å². The van der Waals surface area contributed by atoms with Crippen molar-refractivity contribution in [1.29, 1.82) is 0 Å². The number of aromatic nitrogens is 2. The van der Waals surface area contributed by atoms with Crippen LogP contribution in [-0.2, 0) is 4.79 Å². The van der Waals surface area contributed by atoms with E-state index in [2.05, 4.69) is 31.9 Å². The van der Waals surface area contributed by atoms with Gasteiger partial charge in [-0.25, -0.2) is 4.52 Å². The van der Waals surface area contributed by atoms with Crippen molar-refractivity contribution in [3.8, 4) is 0 Å². The molecule has 0 bridgehead atoms. The Morgan fingerprint density at radius 1 is 1.38 bits per heavy atom. The second kappa shape index (κ2) is 7.20. The predicted molar refractivity (Wildman–Crippen MR) is 98.0 cm³/mol. The summed E-state index contributed by atoms with van der Waals surface area (Å²) < 4.78 is 1.90. The van der Waals surface area contributed by atoms with Crippen LogP contribution in [0.3, 0.4) is 0 Å². The van der Waals surface area contributed by atoms with Crippen LogP contribution in [0.4, 0.5) is 0 Å². The summed E-state index contributed by atoms with van der Waals surface area (Å²) in [4.78, 5) is 14.7. The van der Waals surface area contributed by atoms with Gasteiger partial charge in [-0.05, 0) is 49.8 Å². The SMILES string of the molecule is CCC1CCCCN1C(=O)C=Cc1c(C(C)C)nn2ccccc12. The lowest BCUT2D eigenvalue weighted by Crippen LogP contribution is -2.42. The fraction of sp³-hybridized carbons (Fsp3) is 0.500. The molecule has 1 unspecified atom stereocenters. The summed E-state index contributed by atoms with van der Waals surface area (Å²) in [7, 11) is 0. The number of amides is 1. The molecule has 3 heterocycles. The minimum absolute atomic E-state index is 0.131. The van der Waals surface area contributed by atoms with Gasteiger partial charge < -0.3 is 4.90 Å². The van der Waals surface area contributed by atoms with Crippen molar-refractivity contribution in [2.75, 3.05) is 6.54 Å². The first-order valence-electron chi connectivity index (χ1n) is 9.07. The zero-order valence-electron chi connectivity index (χ0n) is 14.9. The summed E-state index contributed by atoms with van der Waals surface area (Å²) in [6, 6.07) is 6.43. The van der Waals surface area contributed by atoms with E-state index in [1.54, 1.807) is 6.08 Å². The molecule has 2 aromatic rings. The molecular weight excluding hydrogens is 298 g/mol. The van der Waals surface area contributed by atoms with E-state index in [0.717, 1.165) is 42.6 Å². The molecule has 0 aromatic carbocycles. The lowest BCUT2D eigenvalue weighted by Gasteiger charge is -2.34. The third-order valence-corrected chi connectivity index (χ3v) is 4.93. The highest BCUT2D eigenvalue weighted by Gasteiger charge is 2.24. The van der Waals surface area contributed by atoms with E-state index in [4.69, 9.17) is 0 Å². The van der Waals surface area contributed by atoms with Crippen LogP contribution in [0.25, 0.3) is 11.6 Å². The highest BCUT2D eigenvalue weighted by atomic mass is 16.2. The van der Waals surface area contributed by atoms with Gasteiger partial charge in [0.1, 0.15) is 0 Å². The molecule has 0 aliphatic carbocycles. The summed E-state index contributed by atoms with van der Waals surface area (Å²) in [6.07, 6.45) is 10.2. The Bertz CT molecular complexity index is 744. The van der Waals surface area contributed by atoms with Gasteiger partial charge in [-0.3, -0.25) is 4.79 Å². The number of nitrogens with zero attached hydrogens (tertiary/aromatic N) is 3. The van der Waals surface area contributed by atoms with Crippen LogP contribution in [0.2, 0.25) is 0 Å². The van der Waals surface area contributed by atoms with Gasteiger partial charge in [0.15, 0.2) is 0 Å². The minimum atomic E-state index is 0.131. The lowest BCUT2D eigenvalue weighted by molar-refractivity contribution is -0.129. The maximum Gasteiger partial charge on any atom is 0.246 e. The number of piperidine rings is 1. The Labute approximate surface area is 144 Å². The molecule has 2 aromatic heterocycles. The molecule has 0 spiro atoms. The number of fused-ring (bicyclic) bond motifs is 1. The van der Waals surface area contributed by atoms with E-state index in [0.29, 0.717) is 12.0 Å². The van der Waals surface area contributed by atoms with E-state index in [9.17, 15) is 4.79 Å². The Morgan fingerprint density at radius 3 is 2.96 bits per heavy atom. The number of hydrogen-bond acceptors (Lipinski definition) is 2. The van der Waals surface area contributed by atoms with Crippen LogP contribution in [0, 0.1) is 0 Å². The van der Waals surface area contributed by atoms with Gasteiger partial charge in [0, 0.05) is 30.4 Å². The topological polar surface area (TPSA) is 37.6 Å². The summed E-state index contributed by atoms with van der Waals surface area (Å²) >= 11 is 0. The van der Waals surface area contributed by atoms with Gasteiger partial charge in [-0.1, -0.05) is 26.8 Å². The molecule has 3 rings (SSSR count). The number of carbonyl (C=O) groups excluding carboxylic acids is 1. The van der Waals surface area contributed by atoms with Crippen molar-refractivity contribution < 1.29 is 4.79 Å². The zero-order valence-corrected chi connectivity index (χ0v) is 14.9. The fourth-order valence-electron chi connectivity index (χ4n) is 3.60. The summed E-state index contributed by atoms with van der Waals surface area (Å²) in [5.41, 5.74) is 3.15. The first kappa shape index (κ1) is 16.7. The standard InChI is InChI=1S/C20H27N3O/c1-4-16-9-5-7-13-22(16)19(24)12-11-17-18-10-6-8-14-23(18)21-20(17)15(2)3/h6,8,10-12,14-16H,4-5,7,9,13H2,1-3H3. The van der Waals surface area contributed by atoms with Crippen molar-refractivity contribution in [1.82, 2.24) is 14.5 Å². The molecule has 1 fully saturated rings. The smallest absolute Gasteiger partial charge is 0.246 e. The zero-order chi connectivity index (χ0) is 17.1. The molecule has 1 aliphatic rings. The first-order valence-corrected chi connectivity index (χ1v) is 9.07. The average molecular weight is 325 g/mol. The maximum atomic E-state index is 12.7. The Balaban J connectivity index is 1.89. The van der Waals surface area contributed by atoms with Gasteiger partial charge in [0.25, 0.3) is 0 Å². The second-order valence-corrected chi connectivity index (χ2v) is 6.91.